The third-order valence-electron chi connectivity index (χ3n) is 3.02. The molecule has 0 aliphatic heterocycles. The molecule has 0 atom stereocenters. The molecule has 2 aromatic heterocycles. The largest absolute Gasteiger partial charge is 0.422 e. The molecule has 0 unspecified atom stereocenters. The van der Waals surface area contributed by atoms with E-state index in [1.807, 2.05) is 38.1 Å². The zero-order valence-corrected chi connectivity index (χ0v) is 9.65. The molecule has 0 saturated carbocycles. The number of aryl methyl sites for hydroxylation is 2. The first-order valence-electron chi connectivity index (χ1n) is 5.46. The van der Waals surface area contributed by atoms with Crippen LogP contribution in [0.15, 0.2) is 39.7 Å². The molecule has 0 aliphatic carbocycles. The first-order valence-corrected chi connectivity index (χ1v) is 5.46. The van der Waals surface area contributed by atoms with Gasteiger partial charge in [0.25, 0.3) is 0 Å². The Morgan fingerprint density at radius 2 is 1.88 bits per heavy atom. The smallest absolute Gasteiger partial charge is 0.346 e. The minimum atomic E-state index is -0.313. The van der Waals surface area contributed by atoms with Crippen LogP contribution in [0.1, 0.15) is 11.3 Å². The van der Waals surface area contributed by atoms with E-state index in [9.17, 15) is 4.79 Å². The first-order chi connectivity index (χ1) is 8.18. The predicted octanol–water partition coefficient (Wildman–Crippen LogP) is 2.96. The highest BCUT2D eigenvalue weighted by Gasteiger charge is 2.11. The van der Waals surface area contributed by atoms with Gasteiger partial charge in [-0.05, 0) is 25.5 Å². The number of hydrogen-bond acceptors (Lipinski definition) is 3. The highest BCUT2D eigenvalue weighted by molar-refractivity contribution is 6.06. The van der Waals surface area contributed by atoms with Crippen LogP contribution >= 0.6 is 0 Å². The summed E-state index contributed by atoms with van der Waals surface area (Å²) in [6.45, 7) is 3.79. The van der Waals surface area contributed by atoms with E-state index in [1.54, 1.807) is 6.20 Å². The molecular formula is C14H11NO2. The van der Waals surface area contributed by atoms with Crippen LogP contribution in [0, 0.1) is 13.8 Å². The summed E-state index contributed by atoms with van der Waals surface area (Å²) < 4.78 is 5.32. The monoisotopic (exact) mass is 225 g/mol. The number of benzene rings is 1. The second-order valence-corrected chi connectivity index (χ2v) is 4.16. The molecule has 17 heavy (non-hydrogen) atoms. The lowest BCUT2D eigenvalue weighted by Gasteiger charge is -2.06. The SMILES string of the molecule is Cc1ncc(C)c2c1c(=O)oc1ccccc12. The van der Waals surface area contributed by atoms with Gasteiger partial charge in [0.1, 0.15) is 5.58 Å². The second-order valence-electron chi connectivity index (χ2n) is 4.16. The number of para-hydroxylation sites is 1. The fourth-order valence-electron chi connectivity index (χ4n) is 2.21. The van der Waals surface area contributed by atoms with E-state index >= 15 is 0 Å². The van der Waals surface area contributed by atoms with E-state index < -0.39 is 0 Å². The molecule has 0 amide bonds. The Kier molecular flexibility index (Phi) is 2.01. The topological polar surface area (TPSA) is 43.1 Å². The van der Waals surface area contributed by atoms with Gasteiger partial charge in [0.2, 0.25) is 0 Å². The first kappa shape index (κ1) is 10.0. The van der Waals surface area contributed by atoms with Gasteiger partial charge >= 0.3 is 5.63 Å². The number of pyridine rings is 1. The summed E-state index contributed by atoms with van der Waals surface area (Å²) in [5, 5.41) is 2.50. The lowest BCUT2D eigenvalue weighted by Crippen LogP contribution is -2.04. The van der Waals surface area contributed by atoms with Crippen LogP contribution in [0.3, 0.4) is 0 Å². The van der Waals surface area contributed by atoms with Crippen molar-refractivity contribution in [1.82, 2.24) is 4.98 Å². The molecule has 1 aromatic carbocycles. The molecule has 84 valence electrons. The number of nitrogens with zero attached hydrogens (tertiary/aromatic N) is 1. The van der Waals surface area contributed by atoms with Gasteiger partial charge in [0.15, 0.2) is 0 Å². The van der Waals surface area contributed by atoms with Crippen molar-refractivity contribution in [2.75, 3.05) is 0 Å². The Hall–Kier alpha value is -2.16. The van der Waals surface area contributed by atoms with Crippen molar-refractivity contribution < 1.29 is 4.42 Å². The fourth-order valence-corrected chi connectivity index (χ4v) is 2.21. The summed E-state index contributed by atoms with van der Waals surface area (Å²) in [5.74, 6) is 0. The van der Waals surface area contributed by atoms with E-state index in [1.165, 1.54) is 0 Å². The van der Waals surface area contributed by atoms with E-state index in [-0.39, 0.29) is 5.63 Å². The maximum absolute atomic E-state index is 12.0. The zero-order chi connectivity index (χ0) is 12.0. The van der Waals surface area contributed by atoms with Crippen LogP contribution in [-0.2, 0) is 0 Å². The minimum Gasteiger partial charge on any atom is -0.422 e. The quantitative estimate of drug-likeness (QED) is 0.436. The van der Waals surface area contributed by atoms with Gasteiger partial charge in [-0.3, -0.25) is 4.98 Å². The molecule has 0 aliphatic rings. The van der Waals surface area contributed by atoms with Crippen LogP contribution in [0.4, 0.5) is 0 Å². The summed E-state index contributed by atoms with van der Waals surface area (Å²) in [6, 6.07) is 7.58. The third-order valence-corrected chi connectivity index (χ3v) is 3.02. The second kappa shape index (κ2) is 3.42. The van der Waals surface area contributed by atoms with E-state index in [0.717, 1.165) is 16.3 Å². The van der Waals surface area contributed by atoms with Crippen LogP contribution in [0.5, 0.6) is 0 Å². The van der Waals surface area contributed by atoms with Crippen molar-refractivity contribution in [1.29, 1.82) is 0 Å². The average molecular weight is 225 g/mol. The Morgan fingerprint density at radius 1 is 1.12 bits per heavy atom. The molecule has 3 heteroatoms. The molecular weight excluding hydrogens is 214 g/mol. The normalized spacial score (nSPS) is 11.2. The summed E-state index contributed by atoms with van der Waals surface area (Å²) >= 11 is 0. The van der Waals surface area contributed by atoms with Crippen LogP contribution in [-0.4, -0.2) is 4.98 Å². The summed E-state index contributed by atoms with van der Waals surface area (Å²) in [5.41, 5.74) is 2.02. The zero-order valence-electron chi connectivity index (χ0n) is 9.65. The standard InChI is InChI=1S/C14H11NO2/c1-8-7-15-9(2)13-12(8)10-5-3-4-6-11(10)17-14(13)16/h3-7H,1-2H3. The number of rotatable bonds is 0. The van der Waals surface area contributed by atoms with Gasteiger partial charge in [-0.25, -0.2) is 4.79 Å². The maximum atomic E-state index is 12.0. The summed E-state index contributed by atoms with van der Waals surface area (Å²) in [4.78, 5) is 16.2. The van der Waals surface area contributed by atoms with E-state index in [0.29, 0.717) is 16.7 Å². The van der Waals surface area contributed by atoms with Crippen molar-refractivity contribution >= 4 is 21.7 Å². The lowest BCUT2D eigenvalue weighted by molar-refractivity contribution is 0.569. The predicted molar refractivity (Wildman–Crippen MR) is 67.3 cm³/mol. The third kappa shape index (κ3) is 1.35. The molecule has 3 nitrogen and oxygen atoms in total. The molecule has 0 N–H and O–H groups in total. The molecule has 0 radical (unpaired) electrons. The molecule has 2 heterocycles. The molecule has 0 saturated heterocycles. The molecule has 0 spiro atoms. The minimum absolute atomic E-state index is 0.313. The van der Waals surface area contributed by atoms with Gasteiger partial charge in [-0.2, -0.15) is 0 Å². The molecule has 3 aromatic rings. The van der Waals surface area contributed by atoms with Gasteiger partial charge in [-0.15, -0.1) is 0 Å². The van der Waals surface area contributed by atoms with Crippen LogP contribution in [0.2, 0.25) is 0 Å². The fraction of sp³-hybridized carbons (Fsp3) is 0.143. The molecule has 3 rings (SSSR count). The van der Waals surface area contributed by atoms with E-state index in [2.05, 4.69) is 4.98 Å². The van der Waals surface area contributed by atoms with Gasteiger partial charge in [0, 0.05) is 17.0 Å². The summed E-state index contributed by atoms with van der Waals surface area (Å²) in [7, 11) is 0. The van der Waals surface area contributed by atoms with Crippen molar-refractivity contribution in [3.63, 3.8) is 0 Å². The number of fused-ring (bicyclic) bond motifs is 3. The van der Waals surface area contributed by atoms with Gasteiger partial charge < -0.3 is 4.42 Å². The highest BCUT2D eigenvalue weighted by atomic mass is 16.4. The van der Waals surface area contributed by atoms with E-state index in [4.69, 9.17) is 4.42 Å². The maximum Gasteiger partial charge on any atom is 0.346 e. The van der Waals surface area contributed by atoms with Crippen molar-refractivity contribution in [3.8, 4) is 0 Å². The number of aromatic nitrogens is 1. The lowest BCUT2D eigenvalue weighted by atomic mass is 10.0. The molecule has 0 bridgehead atoms. The van der Waals surface area contributed by atoms with Crippen molar-refractivity contribution in [3.05, 3.63) is 52.1 Å². The Bertz CT molecular complexity index is 787. The van der Waals surface area contributed by atoms with Gasteiger partial charge in [-0.1, -0.05) is 18.2 Å². The highest BCUT2D eigenvalue weighted by Crippen LogP contribution is 2.26. The number of hydrogen-bond donors (Lipinski definition) is 0. The average Bonchev–Trinajstić information content (AvgIpc) is 2.33. The molecule has 0 fully saturated rings. The van der Waals surface area contributed by atoms with Crippen LogP contribution in [0.25, 0.3) is 21.7 Å². The van der Waals surface area contributed by atoms with Crippen molar-refractivity contribution in [2.24, 2.45) is 0 Å². The van der Waals surface area contributed by atoms with Gasteiger partial charge in [0.05, 0.1) is 11.1 Å². The summed E-state index contributed by atoms with van der Waals surface area (Å²) in [6.07, 6.45) is 1.80. The van der Waals surface area contributed by atoms with Crippen LogP contribution < -0.4 is 5.63 Å². The Balaban J connectivity index is 2.75. The Labute approximate surface area is 97.7 Å². The Morgan fingerprint density at radius 3 is 2.71 bits per heavy atom. The van der Waals surface area contributed by atoms with Crippen molar-refractivity contribution in [2.45, 2.75) is 13.8 Å².